The van der Waals surface area contributed by atoms with Gasteiger partial charge in [0.2, 0.25) is 5.91 Å². The Bertz CT molecular complexity index is 759. The van der Waals surface area contributed by atoms with Crippen LogP contribution in [0, 0.1) is 0 Å². The Labute approximate surface area is 148 Å². The normalized spacial score (nSPS) is 10.6. The average Bonchev–Trinajstić information content (AvgIpc) is 2.91. The summed E-state index contributed by atoms with van der Waals surface area (Å²) in [5, 5.41) is 10.1. The van der Waals surface area contributed by atoms with E-state index in [0.29, 0.717) is 28.2 Å². The molecule has 0 fully saturated rings. The van der Waals surface area contributed by atoms with Crippen LogP contribution in [-0.2, 0) is 11.3 Å². The molecule has 2 N–H and O–H groups in total. The van der Waals surface area contributed by atoms with Crippen LogP contribution in [0.2, 0.25) is 5.02 Å². The molecule has 7 nitrogen and oxygen atoms in total. The van der Waals surface area contributed by atoms with Crippen LogP contribution in [-0.4, -0.2) is 33.5 Å². The molecule has 0 saturated heterocycles. The van der Waals surface area contributed by atoms with Gasteiger partial charge >= 0.3 is 5.69 Å². The number of aromatic nitrogens is 3. The highest BCUT2D eigenvalue weighted by molar-refractivity contribution is 7.99. The Hall–Kier alpha value is -1.93. The molecule has 0 spiro atoms. The Balaban J connectivity index is 1.99. The van der Waals surface area contributed by atoms with Crippen molar-refractivity contribution in [1.82, 2.24) is 14.8 Å². The van der Waals surface area contributed by atoms with Crippen LogP contribution in [0.25, 0.3) is 0 Å². The maximum atomic E-state index is 12.1. The second-order valence-electron chi connectivity index (χ2n) is 5.00. The number of thioether (sulfide) groups is 1. The summed E-state index contributed by atoms with van der Waals surface area (Å²) in [4.78, 5) is 23.8. The van der Waals surface area contributed by atoms with Crippen LogP contribution >= 0.6 is 23.4 Å². The van der Waals surface area contributed by atoms with Gasteiger partial charge in [-0.2, -0.15) is 0 Å². The molecule has 130 valence electrons. The first kappa shape index (κ1) is 18.4. The number of nitrogens with one attached hydrogen (secondary N) is 2. The maximum Gasteiger partial charge on any atom is 0.343 e. The van der Waals surface area contributed by atoms with Crippen LogP contribution in [0.15, 0.2) is 28.2 Å². The van der Waals surface area contributed by atoms with Gasteiger partial charge < -0.3 is 10.1 Å². The molecule has 1 aromatic carbocycles. The maximum absolute atomic E-state index is 12.1. The van der Waals surface area contributed by atoms with Gasteiger partial charge in [-0.1, -0.05) is 36.7 Å². The summed E-state index contributed by atoms with van der Waals surface area (Å²) in [6.07, 6.45) is 1.84. The SMILES string of the molecule is CCCCn1c(SCC(=O)Nc2cc(Cl)ccc2OC)n[nH]c1=O. The first-order valence-electron chi connectivity index (χ1n) is 7.46. The second kappa shape index (κ2) is 8.79. The fourth-order valence-corrected chi connectivity index (χ4v) is 2.97. The molecule has 0 radical (unpaired) electrons. The number of rotatable bonds is 8. The number of carbonyl (C=O) groups excluding carboxylic acids is 1. The molecule has 2 aromatic rings. The minimum atomic E-state index is -0.261. The highest BCUT2D eigenvalue weighted by Crippen LogP contribution is 2.28. The number of H-pyrrole nitrogens is 1. The van der Waals surface area contributed by atoms with E-state index in [1.54, 1.807) is 22.8 Å². The Morgan fingerprint density at radius 3 is 3.00 bits per heavy atom. The standard InChI is InChI=1S/C15H19ClN4O3S/c1-3-4-7-20-14(22)18-19-15(20)24-9-13(21)17-11-8-10(16)5-6-12(11)23-2/h5-6,8H,3-4,7,9H2,1-2H3,(H,17,21)(H,18,22). The van der Waals surface area contributed by atoms with E-state index in [9.17, 15) is 9.59 Å². The highest BCUT2D eigenvalue weighted by atomic mass is 35.5. The monoisotopic (exact) mass is 370 g/mol. The van der Waals surface area contributed by atoms with E-state index in [1.807, 2.05) is 6.92 Å². The van der Waals surface area contributed by atoms with Crippen LogP contribution in [0.3, 0.4) is 0 Å². The van der Waals surface area contributed by atoms with Crippen molar-refractivity contribution < 1.29 is 9.53 Å². The van der Waals surface area contributed by atoms with Crippen molar-refractivity contribution in [1.29, 1.82) is 0 Å². The summed E-state index contributed by atoms with van der Waals surface area (Å²) in [6.45, 7) is 2.63. The lowest BCUT2D eigenvalue weighted by atomic mass is 10.3. The van der Waals surface area contributed by atoms with E-state index >= 15 is 0 Å². The quantitative estimate of drug-likeness (QED) is 0.697. The van der Waals surface area contributed by atoms with Crippen molar-refractivity contribution in [2.24, 2.45) is 0 Å². The fraction of sp³-hybridized carbons (Fsp3) is 0.400. The van der Waals surface area contributed by atoms with E-state index < -0.39 is 0 Å². The fourth-order valence-electron chi connectivity index (χ4n) is 2.02. The molecule has 2 rings (SSSR count). The predicted octanol–water partition coefficient (Wildman–Crippen LogP) is 2.76. The number of amides is 1. The van der Waals surface area contributed by atoms with E-state index in [2.05, 4.69) is 15.5 Å². The van der Waals surface area contributed by atoms with Crippen molar-refractivity contribution in [2.75, 3.05) is 18.2 Å². The van der Waals surface area contributed by atoms with Crippen molar-refractivity contribution in [3.63, 3.8) is 0 Å². The molecule has 24 heavy (non-hydrogen) atoms. The third-order valence-corrected chi connectivity index (χ3v) is 4.44. The zero-order valence-electron chi connectivity index (χ0n) is 13.5. The molecule has 9 heteroatoms. The Morgan fingerprint density at radius 2 is 2.29 bits per heavy atom. The number of unbranched alkanes of at least 4 members (excludes halogenated alkanes) is 1. The van der Waals surface area contributed by atoms with Crippen LogP contribution in [0.1, 0.15) is 19.8 Å². The van der Waals surface area contributed by atoms with E-state index in [4.69, 9.17) is 16.3 Å². The van der Waals surface area contributed by atoms with Gasteiger partial charge in [-0.25, -0.2) is 9.89 Å². The number of anilines is 1. The molecule has 0 aliphatic rings. The minimum absolute atomic E-state index is 0.117. The number of benzene rings is 1. The van der Waals surface area contributed by atoms with Gasteiger partial charge in [0, 0.05) is 11.6 Å². The molecule has 0 aliphatic heterocycles. The molecule has 1 aromatic heterocycles. The second-order valence-corrected chi connectivity index (χ2v) is 6.38. The molecule has 1 amide bonds. The van der Waals surface area contributed by atoms with Gasteiger partial charge in [0.05, 0.1) is 18.6 Å². The largest absolute Gasteiger partial charge is 0.495 e. The number of hydrogen-bond acceptors (Lipinski definition) is 5. The molecule has 0 atom stereocenters. The smallest absolute Gasteiger partial charge is 0.343 e. The Morgan fingerprint density at radius 1 is 1.50 bits per heavy atom. The number of halogens is 1. The van der Waals surface area contributed by atoms with E-state index in [-0.39, 0.29) is 17.3 Å². The lowest BCUT2D eigenvalue weighted by Crippen LogP contribution is -2.19. The van der Waals surface area contributed by atoms with Crippen LogP contribution < -0.4 is 15.7 Å². The van der Waals surface area contributed by atoms with Gasteiger partial charge in [0.1, 0.15) is 5.75 Å². The topological polar surface area (TPSA) is 89.0 Å². The van der Waals surface area contributed by atoms with Gasteiger partial charge in [-0.05, 0) is 24.6 Å². The molecule has 1 heterocycles. The summed E-state index contributed by atoms with van der Waals surface area (Å²) in [6, 6.07) is 4.98. The summed E-state index contributed by atoms with van der Waals surface area (Å²) in [5.41, 5.74) is 0.240. The van der Waals surface area contributed by atoms with Crippen molar-refractivity contribution in [3.05, 3.63) is 33.7 Å². The number of carbonyl (C=O) groups is 1. The number of methoxy groups -OCH3 is 1. The Kier molecular flexibility index (Phi) is 6.74. The summed E-state index contributed by atoms with van der Waals surface area (Å²) >= 11 is 7.14. The third kappa shape index (κ3) is 4.78. The van der Waals surface area contributed by atoms with E-state index in [0.717, 1.165) is 12.8 Å². The number of nitrogens with zero attached hydrogens (tertiary/aromatic N) is 2. The number of ether oxygens (including phenoxy) is 1. The van der Waals surface area contributed by atoms with Crippen molar-refractivity contribution in [3.8, 4) is 5.75 Å². The minimum Gasteiger partial charge on any atom is -0.495 e. The predicted molar refractivity (Wildman–Crippen MR) is 95.1 cm³/mol. The van der Waals surface area contributed by atoms with Gasteiger partial charge in [-0.15, -0.1) is 5.10 Å². The van der Waals surface area contributed by atoms with Gasteiger partial charge in [-0.3, -0.25) is 9.36 Å². The number of aromatic amines is 1. The first-order valence-corrected chi connectivity index (χ1v) is 8.83. The zero-order valence-corrected chi connectivity index (χ0v) is 15.0. The third-order valence-electron chi connectivity index (χ3n) is 3.23. The molecular formula is C15H19ClN4O3S. The average molecular weight is 371 g/mol. The summed E-state index contributed by atoms with van der Waals surface area (Å²) in [5.74, 6) is 0.405. The van der Waals surface area contributed by atoms with Crippen molar-refractivity contribution in [2.45, 2.75) is 31.5 Å². The lowest BCUT2D eigenvalue weighted by Gasteiger charge is -2.10. The van der Waals surface area contributed by atoms with Gasteiger partial charge in [0.15, 0.2) is 5.16 Å². The molecular weight excluding hydrogens is 352 g/mol. The zero-order chi connectivity index (χ0) is 17.5. The highest BCUT2D eigenvalue weighted by Gasteiger charge is 2.13. The van der Waals surface area contributed by atoms with Crippen LogP contribution in [0.4, 0.5) is 5.69 Å². The summed E-state index contributed by atoms with van der Waals surface area (Å²) in [7, 11) is 1.52. The molecule has 0 bridgehead atoms. The number of hydrogen-bond donors (Lipinski definition) is 2. The van der Waals surface area contributed by atoms with Crippen LogP contribution in [0.5, 0.6) is 5.75 Å². The molecule has 0 unspecified atom stereocenters. The molecule has 0 saturated carbocycles. The van der Waals surface area contributed by atoms with Gasteiger partial charge in [0.25, 0.3) is 0 Å². The lowest BCUT2D eigenvalue weighted by molar-refractivity contribution is -0.113. The summed E-state index contributed by atoms with van der Waals surface area (Å²) < 4.78 is 6.73. The first-order chi connectivity index (χ1) is 11.5. The molecule has 0 aliphatic carbocycles. The van der Waals surface area contributed by atoms with Crippen molar-refractivity contribution >= 4 is 35.0 Å². The van der Waals surface area contributed by atoms with E-state index in [1.165, 1.54) is 18.9 Å².